The van der Waals surface area contributed by atoms with Crippen molar-refractivity contribution in [3.63, 3.8) is 0 Å². The molecule has 0 N–H and O–H groups in total. The average molecular weight is 786 g/mol. The van der Waals surface area contributed by atoms with Crippen molar-refractivity contribution in [1.29, 1.82) is 0 Å². The predicted molar refractivity (Wildman–Crippen MR) is 257 cm³/mol. The van der Waals surface area contributed by atoms with E-state index in [9.17, 15) is 0 Å². The highest BCUT2D eigenvalue weighted by Gasteiger charge is 2.50. The van der Waals surface area contributed by atoms with E-state index < -0.39 is 5.41 Å². The molecule has 0 fully saturated rings. The van der Waals surface area contributed by atoms with Gasteiger partial charge in [-0.15, -0.1) is 0 Å². The van der Waals surface area contributed by atoms with Crippen LogP contribution in [-0.2, 0) is 10.8 Å². The molecular formula is C59H47NO. The van der Waals surface area contributed by atoms with Crippen LogP contribution >= 0.6 is 0 Å². The number of benzene rings is 7. The van der Waals surface area contributed by atoms with Crippen molar-refractivity contribution in [2.75, 3.05) is 4.90 Å². The summed E-state index contributed by atoms with van der Waals surface area (Å²) >= 11 is 0. The summed E-state index contributed by atoms with van der Waals surface area (Å²) < 4.78 is 6.73. The average Bonchev–Trinajstić information content (AvgIpc) is 3.69. The van der Waals surface area contributed by atoms with Crippen LogP contribution in [0.5, 0.6) is 5.75 Å². The van der Waals surface area contributed by atoms with Gasteiger partial charge in [0.15, 0.2) is 0 Å². The molecule has 1 unspecified atom stereocenters. The Bertz CT molecular complexity index is 3010. The summed E-state index contributed by atoms with van der Waals surface area (Å²) in [6.07, 6.45) is 9.76. The number of ether oxygens (including phenoxy) is 1. The number of fused-ring (bicyclic) bond motifs is 7. The van der Waals surface area contributed by atoms with Crippen molar-refractivity contribution in [3.05, 3.63) is 259 Å². The highest BCUT2D eigenvalue weighted by atomic mass is 16.5. The van der Waals surface area contributed by atoms with E-state index >= 15 is 0 Å². The lowest BCUT2D eigenvalue weighted by molar-refractivity contribution is 0.402. The monoisotopic (exact) mass is 785 g/mol. The molecule has 1 heterocycles. The lowest BCUT2D eigenvalue weighted by atomic mass is 9.65. The molecule has 0 saturated heterocycles. The Labute approximate surface area is 360 Å². The molecule has 7 aromatic carbocycles. The summed E-state index contributed by atoms with van der Waals surface area (Å²) in [5, 5.41) is 0. The third-order valence-corrected chi connectivity index (χ3v) is 13.2. The second-order valence-electron chi connectivity index (χ2n) is 16.6. The van der Waals surface area contributed by atoms with Gasteiger partial charge in [-0.2, -0.15) is 0 Å². The first-order valence-electron chi connectivity index (χ1n) is 21.0. The molecule has 3 aliphatic rings. The molecule has 10 rings (SSSR count). The van der Waals surface area contributed by atoms with Gasteiger partial charge in [0.1, 0.15) is 11.5 Å². The summed E-state index contributed by atoms with van der Waals surface area (Å²) in [5.74, 6) is 1.53. The number of anilines is 3. The van der Waals surface area contributed by atoms with E-state index in [1.54, 1.807) is 0 Å². The van der Waals surface area contributed by atoms with Crippen LogP contribution in [0.4, 0.5) is 17.1 Å². The normalized spacial score (nSPS) is 16.8. The van der Waals surface area contributed by atoms with Gasteiger partial charge in [-0.25, -0.2) is 0 Å². The van der Waals surface area contributed by atoms with E-state index in [1.165, 1.54) is 55.7 Å². The van der Waals surface area contributed by atoms with Crippen LogP contribution in [0.15, 0.2) is 231 Å². The van der Waals surface area contributed by atoms with Gasteiger partial charge in [0.05, 0.1) is 5.41 Å². The zero-order valence-electron chi connectivity index (χ0n) is 35.0. The third-order valence-electron chi connectivity index (χ3n) is 13.2. The lowest BCUT2D eigenvalue weighted by Gasteiger charge is -2.40. The Morgan fingerprint density at radius 1 is 0.508 bits per heavy atom. The molecule has 7 aromatic rings. The SMILES string of the molecule is C=C/C=C\C1=C(C)C2(C(C=C)=C(C=C)Oc3cc(-c4ccc(N(c5ccc(-c6ccccc6)cc5)c5ccc6c(c5)C(C)(C)c5ccccc5-6)cc4)ccc32)c2ccccc21. The van der Waals surface area contributed by atoms with Crippen molar-refractivity contribution in [2.24, 2.45) is 0 Å². The van der Waals surface area contributed by atoms with Gasteiger partial charge >= 0.3 is 0 Å². The summed E-state index contributed by atoms with van der Waals surface area (Å²) in [6, 6.07) is 59.5. The van der Waals surface area contributed by atoms with Crippen molar-refractivity contribution in [1.82, 2.24) is 0 Å². The van der Waals surface area contributed by atoms with Gasteiger partial charge in [-0.3, -0.25) is 0 Å². The molecule has 2 aliphatic carbocycles. The van der Waals surface area contributed by atoms with E-state index in [0.29, 0.717) is 5.76 Å². The molecule has 0 bridgehead atoms. The molecular weight excluding hydrogens is 739 g/mol. The smallest absolute Gasteiger partial charge is 0.132 e. The van der Waals surface area contributed by atoms with Crippen LogP contribution in [-0.4, -0.2) is 0 Å². The minimum absolute atomic E-state index is 0.117. The first-order chi connectivity index (χ1) is 29.8. The first kappa shape index (κ1) is 37.8. The minimum atomic E-state index is -0.582. The molecule has 2 nitrogen and oxygen atoms in total. The zero-order valence-corrected chi connectivity index (χ0v) is 35.0. The molecule has 61 heavy (non-hydrogen) atoms. The molecule has 0 saturated carbocycles. The summed E-state index contributed by atoms with van der Waals surface area (Å²) in [6.45, 7) is 19.4. The Morgan fingerprint density at radius 2 is 1.08 bits per heavy atom. The van der Waals surface area contributed by atoms with Gasteiger partial charge in [0, 0.05) is 33.6 Å². The van der Waals surface area contributed by atoms with Gasteiger partial charge < -0.3 is 9.64 Å². The second kappa shape index (κ2) is 14.7. The van der Waals surface area contributed by atoms with E-state index in [4.69, 9.17) is 4.74 Å². The topological polar surface area (TPSA) is 12.5 Å². The quantitative estimate of drug-likeness (QED) is 0.135. The van der Waals surface area contributed by atoms with Crippen molar-refractivity contribution < 1.29 is 4.74 Å². The molecule has 1 aliphatic heterocycles. The highest BCUT2D eigenvalue weighted by Crippen LogP contribution is 2.60. The standard InChI is InChI=1S/C59H47NO/c1-7-10-20-47-39(4)59(53-24-17-15-21-48(47)53)51(8-2)56(9-3)61-57-37-43(29-36-54(57)59)42-27-32-45(33-28-42)60(44-30-25-41(26-31-44)40-18-12-11-13-19-40)46-34-35-50-49-22-14-16-23-52(49)58(5,6)55(50)38-46/h7-38H,1-3H2,4-6H3/b20-10-. The fourth-order valence-electron chi connectivity index (χ4n) is 10.2. The Balaban J connectivity index is 1.07. The van der Waals surface area contributed by atoms with E-state index in [-0.39, 0.29) is 5.41 Å². The number of hydrogen-bond donors (Lipinski definition) is 0. The third kappa shape index (κ3) is 5.78. The van der Waals surface area contributed by atoms with Crippen LogP contribution in [0.2, 0.25) is 0 Å². The molecule has 0 aromatic heterocycles. The summed E-state index contributed by atoms with van der Waals surface area (Å²) in [4.78, 5) is 2.38. The zero-order chi connectivity index (χ0) is 41.9. The minimum Gasteiger partial charge on any atom is -0.457 e. The lowest BCUT2D eigenvalue weighted by Crippen LogP contribution is -2.34. The predicted octanol–water partition coefficient (Wildman–Crippen LogP) is 15.6. The fraction of sp³-hybridized carbons (Fsp3) is 0.0847. The number of rotatable bonds is 9. The maximum absolute atomic E-state index is 6.73. The summed E-state index contributed by atoms with van der Waals surface area (Å²) in [5.41, 5.74) is 19.4. The Hall–Kier alpha value is -7.42. The largest absolute Gasteiger partial charge is 0.457 e. The van der Waals surface area contributed by atoms with Crippen molar-refractivity contribution in [3.8, 4) is 39.1 Å². The second-order valence-corrected chi connectivity index (χ2v) is 16.6. The molecule has 294 valence electrons. The molecule has 1 atom stereocenters. The van der Waals surface area contributed by atoms with Crippen molar-refractivity contribution >= 4 is 22.6 Å². The maximum Gasteiger partial charge on any atom is 0.132 e. The number of allylic oxidation sites excluding steroid dienone is 8. The Kier molecular flexibility index (Phi) is 9.11. The van der Waals surface area contributed by atoms with Gasteiger partial charge in [0.2, 0.25) is 0 Å². The van der Waals surface area contributed by atoms with Crippen LogP contribution in [0.1, 0.15) is 48.6 Å². The van der Waals surface area contributed by atoms with E-state index in [0.717, 1.165) is 45.1 Å². The highest BCUT2D eigenvalue weighted by molar-refractivity contribution is 5.92. The van der Waals surface area contributed by atoms with Crippen LogP contribution in [0.3, 0.4) is 0 Å². The number of nitrogens with zero attached hydrogens (tertiary/aromatic N) is 1. The van der Waals surface area contributed by atoms with Gasteiger partial charge in [0.25, 0.3) is 0 Å². The van der Waals surface area contributed by atoms with Crippen molar-refractivity contribution in [2.45, 2.75) is 31.6 Å². The fourth-order valence-corrected chi connectivity index (χ4v) is 10.2. The number of hydrogen-bond acceptors (Lipinski definition) is 2. The van der Waals surface area contributed by atoms with E-state index in [2.05, 4.69) is 215 Å². The Morgan fingerprint density at radius 3 is 1.75 bits per heavy atom. The first-order valence-corrected chi connectivity index (χ1v) is 21.0. The molecule has 1 spiro atoms. The van der Waals surface area contributed by atoms with Gasteiger partial charge in [-0.05, 0) is 122 Å². The molecule has 2 heteroatoms. The van der Waals surface area contributed by atoms with Crippen LogP contribution in [0.25, 0.3) is 39.0 Å². The maximum atomic E-state index is 6.73. The molecule has 0 radical (unpaired) electrons. The van der Waals surface area contributed by atoms with E-state index in [1.807, 2.05) is 24.3 Å². The van der Waals surface area contributed by atoms with Crippen LogP contribution < -0.4 is 9.64 Å². The van der Waals surface area contributed by atoms with Gasteiger partial charge in [-0.1, -0.05) is 179 Å². The molecule has 0 amide bonds. The summed E-state index contributed by atoms with van der Waals surface area (Å²) in [7, 11) is 0. The van der Waals surface area contributed by atoms with Crippen LogP contribution in [0, 0.1) is 0 Å².